The van der Waals surface area contributed by atoms with E-state index in [0.29, 0.717) is 25.2 Å². The van der Waals surface area contributed by atoms with Gasteiger partial charge in [0.05, 0.1) is 29.5 Å². The second-order valence-corrected chi connectivity index (χ2v) is 5.97. The Morgan fingerprint density at radius 1 is 0.870 bits per heavy atom. The van der Waals surface area contributed by atoms with E-state index in [1.165, 1.54) is 5.01 Å². The van der Waals surface area contributed by atoms with Gasteiger partial charge >= 0.3 is 12.4 Å². The maximum absolute atomic E-state index is 12.8. The molecule has 1 aromatic carbocycles. The topological polar surface area (TPSA) is 35.9 Å². The van der Waals surface area contributed by atoms with Crippen LogP contribution in [0.15, 0.2) is 28.4 Å². The Kier molecular flexibility index (Phi) is 5.09. The molecule has 0 unspecified atom stereocenters. The molecule has 1 fully saturated rings. The second kappa shape index (κ2) is 6.56. The standard InChI is InChI=1S/C12H11F6N3OS/c13-11(14,15)8-5-9(12(16,17)18)7-10(6-8)23-21-3-1-20(19-22)2-4-21/h5-7H,1-4H2. The van der Waals surface area contributed by atoms with E-state index in [1.807, 2.05) is 0 Å². The number of alkyl halides is 6. The van der Waals surface area contributed by atoms with Gasteiger partial charge in [0.15, 0.2) is 0 Å². The van der Waals surface area contributed by atoms with Crippen LogP contribution in [0.1, 0.15) is 11.1 Å². The molecule has 0 saturated carbocycles. The van der Waals surface area contributed by atoms with E-state index in [4.69, 9.17) is 0 Å². The van der Waals surface area contributed by atoms with Crippen LogP contribution in [0.3, 0.4) is 0 Å². The average molecular weight is 359 g/mol. The fourth-order valence-electron chi connectivity index (χ4n) is 1.98. The summed E-state index contributed by atoms with van der Waals surface area (Å²) >= 11 is 0.801. The lowest BCUT2D eigenvalue weighted by Gasteiger charge is -2.30. The van der Waals surface area contributed by atoms with Crippen molar-refractivity contribution in [3.05, 3.63) is 34.2 Å². The summed E-state index contributed by atoms with van der Waals surface area (Å²) in [7, 11) is 0. The SMILES string of the molecule is O=NN1CCN(Sc2cc(C(F)(F)F)cc(C(F)(F)F)c2)CC1. The molecule has 0 atom stereocenters. The molecule has 23 heavy (non-hydrogen) atoms. The van der Waals surface area contributed by atoms with Gasteiger partial charge in [0, 0.05) is 18.0 Å². The Labute approximate surface area is 131 Å². The van der Waals surface area contributed by atoms with E-state index in [-0.39, 0.29) is 24.1 Å². The van der Waals surface area contributed by atoms with Crippen LogP contribution >= 0.6 is 11.9 Å². The molecular weight excluding hydrogens is 348 g/mol. The van der Waals surface area contributed by atoms with E-state index in [1.54, 1.807) is 4.31 Å². The highest BCUT2D eigenvalue weighted by atomic mass is 32.2. The molecule has 0 aliphatic carbocycles. The van der Waals surface area contributed by atoms with E-state index in [2.05, 4.69) is 5.29 Å². The van der Waals surface area contributed by atoms with Gasteiger partial charge in [-0.2, -0.15) is 26.3 Å². The quantitative estimate of drug-likeness (QED) is 0.464. The number of piperazine rings is 1. The Morgan fingerprint density at radius 3 is 1.74 bits per heavy atom. The smallest absolute Gasteiger partial charge is 0.258 e. The number of hydrogen-bond acceptors (Lipinski definition) is 4. The van der Waals surface area contributed by atoms with Crippen molar-refractivity contribution in [1.82, 2.24) is 9.31 Å². The van der Waals surface area contributed by atoms with Crippen molar-refractivity contribution >= 4 is 11.9 Å². The molecule has 0 bridgehead atoms. The van der Waals surface area contributed by atoms with E-state index >= 15 is 0 Å². The molecule has 1 saturated heterocycles. The van der Waals surface area contributed by atoms with Gasteiger partial charge in [0.25, 0.3) is 0 Å². The first-order valence-corrected chi connectivity index (χ1v) is 7.17. The van der Waals surface area contributed by atoms with Crippen molar-refractivity contribution in [2.45, 2.75) is 17.2 Å². The average Bonchev–Trinajstić information content (AvgIpc) is 2.46. The highest BCUT2D eigenvalue weighted by Crippen LogP contribution is 2.39. The molecule has 0 spiro atoms. The number of nitrogens with zero attached hydrogens (tertiary/aromatic N) is 3. The highest BCUT2D eigenvalue weighted by Gasteiger charge is 2.37. The number of rotatable bonds is 3. The molecule has 0 radical (unpaired) electrons. The van der Waals surface area contributed by atoms with Gasteiger partial charge in [0.2, 0.25) is 0 Å². The maximum atomic E-state index is 12.8. The van der Waals surface area contributed by atoms with E-state index in [0.717, 1.165) is 11.9 Å². The van der Waals surface area contributed by atoms with Gasteiger partial charge in [0.1, 0.15) is 0 Å². The van der Waals surface area contributed by atoms with Crippen LogP contribution in [0.25, 0.3) is 0 Å². The molecule has 1 heterocycles. The number of nitroso groups, excluding NO2 is 1. The molecule has 4 nitrogen and oxygen atoms in total. The predicted molar refractivity (Wildman–Crippen MR) is 71.2 cm³/mol. The van der Waals surface area contributed by atoms with Crippen molar-refractivity contribution in [2.75, 3.05) is 26.2 Å². The molecule has 2 rings (SSSR count). The molecular formula is C12H11F6N3OS. The fourth-order valence-corrected chi connectivity index (χ4v) is 2.98. The third-order valence-electron chi connectivity index (χ3n) is 3.13. The van der Waals surface area contributed by atoms with Crippen molar-refractivity contribution in [2.24, 2.45) is 5.29 Å². The lowest BCUT2D eigenvalue weighted by atomic mass is 10.1. The van der Waals surface area contributed by atoms with Crippen LogP contribution in [0, 0.1) is 4.91 Å². The van der Waals surface area contributed by atoms with Gasteiger partial charge in [-0.15, -0.1) is 4.91 Å². The van der Waals surface area contributed by atoms with Gasteiger partial charge < -0.3 is 0 Å². The van der Waals surface area contributed by atoms with E-state index < -0.39 is 23.5 Å². The summed E-state index contributed by atoms with van der Waals surface area (Å²) in [5.41, 5.74) is -2.69. The third-order valence-corrected chi connectivity index (χ3v) is 4.20. The number of hydrogen-bond donors (Lipinski definition) is 0. The first-order valence-electron chi connectivity index (χ1n) is 6.40. The first-order chi connectivity index (χ1) is 10.6. The maximum Gasteiger partial charge on any atom is 0.416 e. The van der Waals surface area contributed by atoms with Gasteiger partial charge in [-0.25, -0.2) is 4.31 Å². The first kappa shape index (κ1) is 17.9. The summed E-state index contributed by atoms with van der Waals surface area (Å²) in [6.45, 7) is 1.13. The minimum absolute atomic E-state index is 0.0955. The molecule has 1 aliphatic heterocycles. The summed E-state index contributed by atoms with van der Waals surface area (Å²) < 4.78 is 78.2. The lowest BCUT2D eigenvalue weighted by molar-refractivity contribution is -0.143. The van der Waals surface area contributed by atoms with Crippen molar-refractivity contribution in [1.29, 1.82) is 0 Å². The Hall–Kier alpha value is -1.49. The van der Waals surface area contributed by atoms with Gasteiger partial charge in [-0.3, -0.25) is 5.01 Å². The summed E-state index contributed by atoms with van der Waals surface area (Å²) in [5.74, 6) is 0. The van der Waals surface area contributed by atoms with Gasteiger partial charge in [-0.1, -0.05) is 0 Å². The van der Waals surface area contributed by atoms with E-state index in [9.17, 15) is 31.2 Å². The van der Waals surface area contributed by atoms with Crippen molar-refractivity contribution in [3.8, 4) is 0 Å². The van der Waals surface area contributed by atoms with Crippen LogP contribution in [-0.2, 0) is 12.4 Å². The second-order valence-electron chi connectivity index (χ2n) is 4.80. The summed E-state index contributed by atoms with van der Waals surface area (Å²) in [6, 6.07) is 1.47. The van der Waals surface area contributed by atoms with Gasteiger partial charge in [-0.05, 0) is 30.1 Å². The Balaban J connectivity index is 2.22. The minimum Gasteiger partial charge on any atom is -0.258 e. The fraction of sp³-hybridized carbons (Fsp3) is 0.500. The summed E-state index contributed by atoms with van der Waals surface area (Å²) in [4.78, 5) is 10.2. The molecule has 0 aromatic heterocycles. The molecule has 1 aliphatic rings. The van der Waals surface area contributed by atoms with Crippen LogP contribution in [0.4, 0.5) is 26.3 Å². The molecule has 128 valence electrons. The lowest BCUT2D eigenvalue weighted by Crippen LogP contribution is -2.40. The van der Waals surface area contributed by atoms with Crippen LogP contribution in [-0.4, -0.2) is 35.5 Å². The molecule has 0 amide bonds. The number of halogens is 6. The van der Waals surface area contributed by atoms with Crippen LogP contribution < -0.4 is 0 Å². The van der Waals surface area contributed by atoms with Crippen LogP contribution in [0.2, 0.25) is 0 Å². The Morgan fingerprint density at radius 2 is 1.35 bits per heavy atom. The largest absolute Gasteiger partial charge is 0.416 e. The third kappa shape index (κ3) is 4.74. The molecule has 0 N–H and O–H groups in total. The molecule has 1 aromatic rings. The summed E-state index contributed by atoms with van der Waals surface area (Å²) in [5, 5.41) is 3.97. The zero-order valence-electron chi connectivity index (χ0n) is 11.5. The monoisotopic (exact) mass is 359 g/mol. The van der Waals surface area contributed by atoms with Crippen LogP contribution in [0.5, 0.6) is 0 Å². The van der Waals surface area contributed by atoms with Crippen molar-refractivity contribution in [3.63, 3.8) is 0 Å². The zero-order valence-corrected chi connectivity index (χ0v) is 12.3. The number of benzene rings is 1. The predicted octanol–water partition coefficient (Wildman–Crippen LogP) is 4.03. The zero-order chi connectivity index (χ0) is 17.3. The molecule has 11 heteroatoms. The Bertz CT molecular complexity index is 537. The highest BCUT2D eigenvalue weighted by molar-refractivity contribution is 7.97. The summed E-state index contributed by atoms with van der Waals surface area (Å²) in [6.07, 6.45) is -9.73. The minimum atomic E-state index is -4.86. The normalized spacial score (nSPS) is 17.4. The van der Waals surface area contributed by atoms with Crippen molar-refractivity contribution < 1.29 is 26.3 Å².